The van der Waals surface area contributed by atoms with Gasteiger partial charge in [-0.05, 0) is 69.5 Å². The van der Waals surface area contributed by atoms with Gasteiger partial charge in [-0.15, -0.1) is 5.10 Å². The third-order valence-corrected chi connectivity index (χ3v) is 6.51. The molecule has 7 nitrogen and oxygen atoms in total. The topological polar surface area (TPSA) is 71.2 Å². The van der Waals surface area contributed by atoms with Crippen molar-refractivity contribution >= 4 is 28.5 Å². The van der Waals surface area contributed by atoms with Crippen LogP contribution in [0.2, 0.25) is 5.02 Å². The van der Waals surface area contributed by atoms with Crippen LogP contribution in [0.4, 0.5) is 0 Å². The lowest BCUT2D eigenvalue weighted by Crippen LogP contribution is -2.29. The highest BCUT2D eigenvalue weighted by Crippen LogP contribution is 2.46. The van der Waals surface area contributed by atoms with E-state index in [9.17, 15) is 4.79 Å². The number of esters is 1. The van der Waals surface area contributed by atoms with Crippen molar-refractivity contribution in [1.82, 2.24) is 19.6 Å². The summed E-state index contributed by atoms with van der Waals surface area (Å²) >= 11 is 6.22. The van der Waals surface area contributed by atoms with E-state index in [0.29, 0.717) is 11.6 Å². The van der Waals surface area contributed by atoms with E-state index < -0.39 is 17.7 Å². The Hall–Kier alpha value is -3.16. The Kier molecular flexibility index (Phi) is 5.30. The van der Waals surface area contributed by atoms with Crippen molar-refractivity contribution in [3.8, 4) is 16.8 Å². The molecule has 2 aromatic carbocycles. The first-order chi connectivity index (χ1) is 16.1. The third kappa shape index (κ3) is 3.51. The number of rotatable bonds is 4. The lowest BCUT2D eigenvalue weighted by molar-refractivity contribution is -0.164. The van der Waals surface area contributed by atoms with Crippen LogP contribution in [0, 0.1) is 13.8 Å². The first kappa shape index (κ1) is 22.6. The maximum Gasteiger partial charge on any atom is 0.339 e. The molecule has 34 heavy (non-hydrogen) atoms. The molecule has 1 atom stereocenters. The van der Waals surface area contributed by atoms with Crippen molar-refractivity contribution < 1.29 is 14.3 Å². The van der Waals surface area contributed by atoms with E-state index in [1.807, 2.05) is 56.6 Å². The molecule has 0 bridgehead atoms. The Balaban J connectivity index is 1.95. The zero-order valence-electron chi connectivity index (χ0n) is 20.1. The van der Waals surface area contributed by atoms with Gasteiger partial charge >= 0.3 is 5.97 Å². The fourth-order valence-electron chi connectivity index (χ4n) is 4.88. The summed E-state index contributed by atoms with van der Waals surface area (Å²) in [5.74, 6) is -0.453. The number of fused-ring (bicyclic) bond motifs is 2. The molecule has 0 saturated carbocycles. The summed E-state index contributed by atoms with van der Waals surface area (Å²) in [5, 5.41) is 10.2. The summed E-state index contributed by atoms with van der Waals surface area (Å²) in [6.07, 6.45) is 0.845. The van der Waals surface area contributed by atoms with Crippen LogP contribution in [-0.2, 0) is 20.8 Å². The fourth-order valence-corrected chi connectivity index (χ4v) is 5.00. The number of ether oxygens (including phenoxy) is 2. The van der Waals surface area contributed by atoms with Crippen molar-refractivity contribution in [2.75, 3.05) is 7.11 Å². The lowest BCUT2D eigenvalue weighted by Gasteiger charge is -2.31. The number of carbonyl (C=O) groups excluding carboxylic acids is 1. The van der Waals surface area contributed by atoms with Crippen LogP contribution >= 0.6 is 11.6 Å². The van der Waals surface area contributed by atoms with Gasteiger partial charge in [0, 0.05) is 21.7 Å². The summed E-state index contributed by atoms with van der Waals surface area (Å²) in [6.45, 7) is 10.6. The second-order valence-corrected chi connectivity index (χ2v) is 10.1. The number of aromatic nitrogens is 4. The maximum absolute atomic E-state index is 13.2. The first-order valence-electron chi connectivity index (χ1n) is 11.2. The van der Waals surface area contributed by atoms with Gasteiger partial charge in [0.2, 0.25) is 0 Å². The second kappa shape index (κ2) is 7.96. The van der Waals surface area contributed by atoms with Crippen molar-refractivity contribution in [2.45, 2.75) is 52.9 Å². The van der Waals surface area contributed by atoms with Gasteiger partial charge in [-0.2, -0.15) is 0 Å². The maximum atomic E-state index is 13.2. The largest absolute Gasteiger partial charge is 0.467 e. The number of nitrogens with zero attached hydrogens (tertiary/aromatic N) is 4. The smallest absolute Gasteiger partial charge is 0.339 e. The fraction of sp³-hybridized carbons (Fsp3) is 0.346. The average molecular weight is 479 g/mol. The van der Waals surface area contributed by atoms with Crippen LogP contribution in [0.15, 0.2) is 36.5 Å². The van der Waals surface area contributed by atoms with Crippen LogP contribution < -0.4 is 0 Å². The summed E-state index contributed by atoms with van der Waals surface area (Å²) in [5.41, 5.74) is 6.99. The first-order valence-corrected chi connectivity index (χ1v) is 11.6. The summed E-state index contributed by atoms with van der Waals surface area (Å²) in [4.78, 5) is 13.2. The third-order valence-electron chi connectivity index (χ3n) is 6.26. The van der Waals surface area contributed by atoms with Crippen molar-refractivity contribution in [3.05, 3.63) is 64.1 Å². The quantitative estimate of drug-likeness (QED) is 0.317. The Morgan fingerprint density at radius 3 is 2.53 bits per heavy atom. The molecule has 0 amide bonds. The molecule has 0 N–H and O–H groups in total. The van der Waals surface area contributed by atoms with Gasteiger partial charge in [0.15, 0.2) is 6.10 Å². The molecule has 8 heteroatoms. The molecule has 0 spiro atoms. The number of methoxy groups -OCH3 is 1. The van der Waals surface area contributed by atoms with Crippen LogP contribution in [0.3, 0.4) is 0 Å². The number of halogens is 1. The van der Waals surface area contributed by atoms with Gasteiger partial charge in [0.25, 0.3) is 0 Å². The summed E-state index contributed by atoms with van der Waals surface area (Å²) < 4.78 is 15.7. The molecule has 176 valence electrons. The van der Waals surface area contributed by atoms with Crippen LogP contribution in [0.25, 0.3) is 27.7 Å². The number of hydrogen-bond donors (Lipinski definition) is 0. The standard InChI is InChI=1S/C26H27ClN4O3/c1-14-11-19-21(16-7-9-17(27)10-8-16)20(24(25(32)33-6)34-26(3,4)5)15(2)22-23(19)30(14)13-18-12-28-29-31(18)22/h7-12,24H,13H2,1-6H3/t24-/m0/s1. The van der Waals surface area contributed by atoms with Crippen LogP contribution in [0.1, 0.15) is 49.4 Å². The molecule has 0 radical (unpaired) electrons. The molecule has 4 aromatic rings. The van der Waals surface area contributed by atoms with E-state index in [2.05, 4.69) is 27.9 Å². The molecular weight excluding hydrogens is 452 g/mol. The van der Waals surface area contributed by atoms with E-state index in [0.717, 1.165) is 50.2 Å². The highest BCUT2D eigenvalue weighted by molar-refractivity contribution is 6.30. The van der Waals surface area contributed by atoms with E-state index in [-0.39, 0.29) is 0 Å². The Morgan fingerprint density at radius 1 is 1.18 bits per heavy atom. The minimum Gasteiger partial charge on any atom is -0.467 e. The van der Waals surface area contributed by atoms with Crippen LogP contribution in [0.5, 0.6) is 0 Å². The van der Waals surface area contributed by atoms with Gasteiger partial charge in [-0.1, -0.05) is 28.9 Å². The number of hydrogen-bond acceptors (Lipinski definition) is 5. The highest BCUT2D eigenvalue weighted by Gasteiger charge is 2.36. The molecule has 1 aliphatic rings. The molecule has 3 heterocycles. The van der Waals surface area contributed by atoms with Gasteiger partial charge in [-0.3, -0.25) is 0 Å². The molecule has 0 fully saturated rings. The van der Waals surface area contributed by atoms with E-state index in [1.54, 1.807) is 6.20 Å². The molecule has 0 aliphatic carbocycles. The molecular formula is C26H27ClN4O3. The Bertz CT molecular complexity index is 1430. The molecule has 0 saturated heterocycles. The van der Waals surface area contributed by atoms with Crippen molar-refractivity contribution in [1.29, 1.82) is 0 Å². The predicted molar refractivity (Wildman–Crippen MR) is 131 cm³/mol. The number of aryl methyl sites for hydroxylation is 1. The van der Waals surface area contributed by atoms with E-state index in [4.69, 9.17) is 21.1 Å². The SMILES string of the molecule is COC(=O)[C@@H](OC(C)(C)C)c1c(C)c2c3c(cc(C)n3Cc3cnnn3-2)c1-c1ccc(Cl)cc1. The Morgan fingerprint density at radius 2 is 1.88 bits per heavy atom. The van der Waals surface area contributed by atoms with Crippen molar-refractivity contribution in [2.24, 2.45) is 0 Å². The van der Waals surface area contributed by atoms with Gasteiger partial charge in [0.1, 0.15) is 0 Å². The average Bonchev–Trinajstić information content (AvgIpc) is 3.38. The monoisotopic (exact) mass is 478 g/mol. The molecule has 2 aromatic heterocycles. The number of benzene rings is 2. The normalized spacial score (nSPS) is 13.7. The second-order valence-electron chi connectivity index (χ2n) is 9.67. The highest BCUT2D eigenvalue weighted by atomic mass is 35.5. The molecule has 1 aliphatic heterocycles. The summed E-state index contributed by atoms with van der Waals surface area (Å²) in [7, 11) is 1.39. The van der Waals surface area contributed by atoms with Gasteiger partial charge in [-0.25, -0.2) is 9.48 Å². The van der Waals surface area contributed by atoms with Crippen molar-refractivity contribution in [3.63, 3.8) is 0 Å². The van der Waals surface area contributed by atoms with Gasteiger partial charge in [0.05, 0.1) is 42.4 Å². The summed E-state index contributed by atoms with van der Waals surface area (Å²) in [6, 6.07) is 9.84. The zero-order valence-corrected chi connectivity index (χ0v) is 20.9. The van der Waals surface area contributed by atoms with Gasteiger partial charge < -0.3 is 14.0 Å². The lowest BCUT2D eigenvalue weighted by atomic mass is 9.87. The minimum atomic E-state index is -0.936. The number of carbonyl (C=O) groups is 1. The molecule has 0 unspecified atom stereocenters. The molecule has 5 rings (SSSR count). The predicted octanol–water partition coefficient (Wildman–Crippen LogP) is 5.55. The van der Waals surface area contributed by atoms with E-state index in [1.165, 1.54) is 7.11 Å². The Labute approximate surface area is 203 Å². The minimum absolute atomic E-state index is 0.453. The van der Waals surface area contributed by atoms with Crippen LogP contribution in [-0.4, -0.2) is 38.2 Å². The zero-order chi connectivity index (χ0) is 24.4. The van der Waals surface area contributed by atoms with E-state index >= 15 is 0 Å².